The third kappa shape index (κ3) is 3.03. The minimum Gasteiger partial charge on any atom is -0.366 e. The maximum atomic E-state index is 12.2. The van der Waals surface area contributed by atoms with Crippen LogP contribution in [0.25, 0.3) is 0 Å². The van der Waals surface area contributed by atoms with Crippen molar-refractivity contribution in [2.45, 2.75) is 24.6 Å². The first-order valence-corrected chi connectivity index (χ1v) is 4.53. The van der Waals surface area contributed by atoms with Gasteiger partial charge in [-0.2, -0.15) is 25.8 Å². The Hall–Kier alpha value is 0.0600. The first kappa shape index (κ1) is 11.1. The first-order chi connectivity index (χ1) is 5.91. The summed E-state index contributed by atoms with van der Waals surface area (Å²) >= 11 is 4.08. The highest BCUT2D eigenvalue weighted by Crippen LogP contribution is 2.26. The van der Waals surface area contributed by atoms with E-state index in [-0.39, 0.29) is 18.5 Å². The molecule has 0 aromatic carbocycles. The van der Waals surface area contributed by atoms with Crippen molar-refractivity contribution in [2.24, 2.45) is 0 Å². The Labute approximate surface area is 80.4 Å². The van der Waals surface area contributed by atoms with Gasteiger partial charge in [-0.1, -0.05) is 0 Å². The van der Waals surface area contributed by atoms with Crippen LogP contribution >= 0.6 is 12.6 Å². The van der Waals surface area contributed by atoms with Crippen LogP contribution < -0.4 is 0 Å². The van der Waals surface area contributed by atoms with Crippen LogP contribution in [0, 0.1) is 0 Å². The minimum absolute atomic E-state index is 0.117. The molecule has 1 saturated heterocycles. The summed E-state index contributed by atoms with van der Waals surface area (Å²) in [4.78, 5) is 1.64. The van der Waals surface area contributed by atoms with Gasteiger partial charge in [-0.15, -0.1) is 0 Å². The lowest BCUT2D eigenvalue weighted by Gasteiger charge is -2.35. The van der Waals surface area contributed by atoms with Crippen LogP contribution in [0.3, 0.4) is 0 Å². The number of ether oxygens (including phenoxy) is 1. The van der Waals surface area contributed by atoms with Crippen LogP contribution in [0.5, 0.6) is 0 Å². The highest BCUT2D eigenvalue weighted by Gasteiger charge is 2.43. The van der Waals surface area contributed by atoms with Crippen LogP contribution in [0.1, 0.15) is 6.92 Å². The monoisotopic (exact) mass is 215 g/mol. The molecule has 0 aliphatic carbocycles. The molecular weight excluding hydrogens is 203 g/mol. The Morgan fingerprint density at radius 2 is 2.15 bits per heavy atom. The molecule has 2 nitrogen and oxygen atoms in total. The van der Waals surface area contributed by atoms with Gasteiger partial charge in [-0.05, 0) is 6.92 Å². The van der Waals surface area contributed by atoms with Crippen molar-refractivity contribution in [2.75, 3.05) is 19.7 Å². The van der Waals surface area contributed by atoms with Crippen molar-refractivity contribution in [3.8, 4) is 0 Å². The molecule has 0 spiro atoms. The number of halogens is 3. The zero-order valence-corrected chi connectivity index (χ0v) is 8.11. The molecule has 1 aliphatic heterocycles. The van der Waals surface area contributed by atoms with Gasteiger partial charge in [0, 0.05) is 13.1 Å². The molecule has 1 heterocycles. The van der Waals surface area contributed by atoms with Crippen molar-refractivity contribution >= 4 is 12.6 Å². The van der Waals surface area contributed by atoms with E-state index in [1.165, 1.54) is 0 Å². The van der Waals surface area contributed by atoms with Crippen molar-refractivity contribution < 1.29 is 17.9 Å². The maximum absolute atomic E-state index is 12.2. The van der Waals surface area contributed by atoms with Crippen LogP contribution in [-0.2, 0) is 4.74 Å². The van der Waals surface area contributed by atoms with Gasteiger partial charge in [0.1, 0.15) is 0 Å². The lowest BCUT2D eigenvalue weighted by molar-refractivity contribution is -0.237. The molecule has 0 N–H and O–H groups in total. The molecule has 1 unspecified atom stereocenters. The van der Waals surface area contributed by atoms with Crippen LogP contribution in [0.15, 0.2) is 0 Å². The normalized spacial score (nSPS) is 28.8. The zero-order valence-electron chi connectivity index (χ0n) is 7.21. The van der Waals surface area contributed by atoms with Crippen LogP contribution in [0.4, 0.5) is 13.2 Å². The van der Waals surface area contributed by atoms with E-state index in [0.717, 1.165) is 0 Å². The average Bonchev–Trinajstić information content (AvgIpc) is 2.03. The topological polar surface area (TPSA) is 12.5 Å². The van der Waals surface area contributed by atoms with Gasteiger partial charge in [-0.25, -0.2) is 0 Å². The molecule has 0 aromatic rings. The quantitative estimate of drug-likeness (QED) is 0.666. The fourth-order valence-electron chi connectivity index (χ4n) is 1.21. The number of thiol groups is 1. The summed E-state index contributed by atoms with van der Waals surface area (Å²) in [5.41, 5.74) is 0. The second kappa shape index (κ2) is 4.06. The van der Waals surface area contributed by atoms with Crippen molar-refractivity contribution in [3.05, 3.63) is 0 Å². The highest BCUT2D eigenvalue weighted by atomic mass is 32.1. The average molecular weight is 215 g/mol. The molecule has 0 aromatic heterocycles. The summed E-state index contributed by atoms with van der Waals surface area (Å²) in [5, 5.41) is -0.159. The summed E-state index contributed by atoms with van der Waals surface area (Å²) in [6.07, 6.45) is -5.92. The van der Waals surface area contributed by atoms with Crippen LogP contribution in [0.2, 0.25) is 0 Å². The lowest BCUT2D eigenvalue weighted by atomic mass is 10.2. The van der Waals surface area contributed by atoms with E-state index in [2.05, 4.69) is 17.4 Å². The van der Waals surface area contributed by atoms with E-state index < -0.39 is 12.3 Å². The molecule has 0 saturated carbocycles. The van der Waals surface area contributed by atoms with E-state index in [0.29, 0.717) is 6.54 Å². The van der Waals surface area contributed by atoms with Gasteiger partial charge in [0.05, 0.1) is 12.0 Å². The lowest BCUT2D eigenvalue weighted by Crippen LogP contribution is -2.50. The molecule has 2 atom stereocenters. The minimum atomic E-state index is -4.26. The number of hydrogen-bond acceptors (Lipinski definition) is 3. The second-order valence-electron chi connectivity index (χ2n) is 3.03. The van der Waals surface area contributed by atoms with Crippen LogP contribution in [-0.4, -0.2) is 42.3 Å². The summed E-state index contributed by atoms with van der Waals surface area (Å²) in [5.74, 6) is 0. The van der Waals surface area contributed by atoms with Gasteiger partial charge in [0.2, 0.25) is 0 Å². The fourth-order valence-corrected chi connectivity index (χ4v) is 1.42. The van der Waals surface area contributed by atoms with E-state index in [1.807, 2.05) is 0 Å². The van der Waals surface area contributed by atoms with E-state index in [1.54, 1.807) is 11.8 Å². The van der Waals surface area contributed by atoms with Gasteiger partial charge in [0.15, 0.2) is 6.10 Å². The molecule has 1 rings (SSSR count). The van der Waals surface area contributed by atoms with Gasteiger partial charge >= 0.3 is 6.18 Å². The van der Waals surface area contributed by atoms with Gasteiger partial charge in [-0.3, -0.25) is 4.90 Å². The van der Waals surface area contributed by atoms with Gasteiger partial charge in [0.25, 0.3) is 0 Å². The van der Waals surface area contributed by atoms with E-state index in [4.69, 9.17) is 0 Å². The number of morpholine rings is 1. The Morgan fingerprint density at radius 1 is 1.54 bits per heavy atom. The molecule has 78 valence electrons. The molecule has 0 amide bonds. The third-order valence-corrected chi connectivity index (χ3v) is 2.32. The molecule has 0 radical (unpaired) electrons. The summed E-state index contributed by atoms with van der Waals surface area (Å²) < 4.78 is 41.2. The predicted octanol–water partition coefficient (Wildman–Crippen LogP) is 1.53. The number of nitrogens with zero attached hydrogens (tertiary/aromatic N) is 1. The Bertz CT molecular complexity index is 174. The van der Waals surface area contributed by atoms with E-state index >= 15 is 0 Å². The molecule has 13 heavy (non-hydrogen) atoms. The van der Waals surface area contributed by atoms with Crippen molar-refractivity contribution in [3.63, 3.8) is 0 Å². The summed E-state index contributed by atoms with van der Waals surface area (Å²) in [6.45, 7) is 2.27. The largest absolute Gasteiger partial charge is 0.415 e. The number of rotatable bonds is 1. The first-order valence-electron chi connectivity index (χ1n) is 4.01. The smallest absolute Gasteiger partial charge is 0.366 e. The van der Waals surface area contributed by atoms with Crippen molar-refractivity contribution in [1.29, 1.82) is 0 Å². The molecule has 6 heteroatoms. The van der Waals surface area contributed by atoms with Crippen molar-refractivity contribution in [1.82, 2.24) is 4.90 Å². The molecular formula is C7H12F3NOS. The highest BCUT2D eigenvalue weighted by molar-refractivity contribution is 7.80. The Balaban J connectivity index is 2.52. The molecule has 1 fully saturated rings. The van der Waals surface area contributed by atoms with E-state index in [9.17, 15) is 13.2 Å². The summed E-state index contributed by atoms with van der Waals surface area (Å²) in [6, 6.07) is 0. The fraction of sp³-hybridized carbons (Fsp3) is 1.00. The second-order valence-corrected chi connectivity index (χ2v) is 3.78. The summed E-state index contributed by atoms with van der Waals surface area (Å²) in [7, 11) is 0. The molecule has 0 bridgehead atoms. The number of hydrogen-bond donors (Lipinski definition) is 1. The number of alkyl halides is 3. The SMILES string of the molecule is CC(S)N1CCO[C@H](C(F)(F)F)C1. The molecule has 1 aliphatic rings. The standard InChI is InChI=1S/C7H12F3NOS/c1-5(13)11-2-3-12-6(4-11)7(8,9)10/h5-6,13H,2-4H2,1H3/t5?,6-/m0/s1. The Kier molecular flexibility index (Phi) is 3.48. The van der Waals surface area contributed by atoms with Gasteiger partial charge < -0.3 is 4.74 Å². The maximum Gasteiger partial charge on any atom is 0.415 e. The predicted molar refractivity (Wildman–Crippen MR) is 45.8 cm³/mol. The third-order valence-electron chi connectivity index (χ3n) is 1.99. The zero-order chi connectivity index (χ0) is 10.1. The Morgan fingerprint density at radius 3 is 2.62 bits per heavy atom.